The molecule has 0 bridgehead atoms. The van der Waals surface area contributed by atoms with E-state index in [0.717, 1.165) is 33.5 Å². The molecule has 32 heavy (non-hydrogen) atoms. The average molecular weight is 412 g/mol. The number of para-hydroxylation sites is 4. The Morgan fingerprint density at radius 1 is 0.562 bits per heavy atom. The van der Waals surface area contributed by atoms with E-state index in [0.29, 0.717) is 0 Å². The van der Waals surface area contributed by atoms with Crippen LogP contribution in [0.15, 0.2) is 110 Å². The molecule has 3 nitrogen and oxygen atoms in total. The van der Waals surface area contributed by atoms with Crippen LogP contribution in [0.5, 0.6) is 0 Å². The number of benzene rings is 4. The molecule has 0 aliphatic carbocycles. The van der Waals surface area contributed by atoms with E-state index in [4.69, 9.17) is 5.41 Å². The third-order valence-electron chi connectivity index (χ3n) is 6.17. The molecule has 6 aromatic rings. The van der Waals surface area contributed by atoms with Gasteiger partial charge in [0.1, 0.15) is 0 Å². The van der Waals surface area contributed by atoms with Gasteiger partial charge in [-0.1, -0.05) is 79.4 Å². The van der Waals surface area contributed by atoms with Crippen LogP contribution in [0.25, 0.3) is 55.0 Å². The number of aromatic nitrogens is 2. The highest BCUT2D eigenvalue weighted by molar-refractivity contribution is 6.16. The minimum atomic E-state index is 0.772. The lowest BCUT2D eigenvalue weighted by atomic mass is 10.2. The molecule has 1 N–H and O–H groups in total. The fourth-order valence-corrected chi connectivity index (χ4v) is 4.84. The summed E-state index contributed by atoms with van der Waals surface area (Å²) in [5.41, 5.74) is 5.98. The van der Waals surface area contributed by atoms with Gasteiger partial charge in [0, 0.05) is 33.5 Å². The minimum Gasteiger partial charge on any atom is -0.310 e. The molecular formula is C29H21N3. The van der Waals surface area contributed by atoms with Crippen LogP contribution in [0, 0.1) is 5.41 Å². The molecular weight excluding hydrogens is 390 g/mol. The molecule has 152 valence electrons. The highest BCUT2D eigenvalue weighted by Gasteiger charge is 2.14. The summed E-state index contributed by atoms with van der Waals surface area (Å²) < 4.78 is 4.33. The Kier molecular flexibility index (Phi) is 4.08. The minimum absolute atomic E-state index is 0.772. The van der Waals surface area contributed by atoms with Gasteiger partial charge in [-0.05, 0) is 30.3 Å². The maximum Gasteiger partial charge on any atom is 0.0658 e. The number of allylic oxidation sites excluding steroid dienone is 3. The quantitative estimate of drug-likeness (QED) is 0.229. The largest absolute Gasteiger partial charge is 0.310 e. The second-order valence-corrected chi connectivity index (χ2v) is 7.94. The van der Waals surface area contributed by atoms with E-state index in [1.165, 1.54) is 27.8 Å². The lowest BCUT2D eigenvalue weighted by molar-refractivity contribution is 1.22. The molecule has 0 atom stereocenters. The Morgan fingerprint density at radius 3 is 1.28 bits per heavy atom. The number of nitrogens with one attached hydrogen (secondary N) is 1. The van der Waals surface area contributed by atoms with Crippen molar-refractivity contribution in [3.05, 3.63) is 110 Å². The predicted molar refractivity (Wildman–Crippen MR) is 137 cm³/mol. The first-order chi connectivity index (χ1) is 15.8. The lowest BCUT2D eigenvalue weighted by Gasteiger charge is -2.12. The second kappa shape index (κ2) is 7.10. The first kappa shape index (κ1) is 18.4. The molecule has 0 fully saturated rings. The summed E-state index contributed by atoms with van der Waals surface area (Å²) >= 11 is 0. The fourth-order valence-electron chi connectivity index (χ4n) is 4.84. The number of hydrogen-bond acceptors (Lipinski definition) is 1. The molecule has 0 saturated carbocycles. The van der Waals surface area contributed by atoms with E-state index in [1.54, 1.807) is 0 Å². The molecule has 0 radical (unpaired) electrons. The Bertz CT molecular complexity index is 1600. The molecule has 2 heterocycles. The van der Waals surface area contributed by atoms with Crippen molar-refractivity contribution in [3.63, 3.8) is 0 Å². The zero-order valence-electron chi connectivity index (χ0n) is 17.5. The highest BCUT2D eigenvalue weighted by atomic mass is 15.0. The summed E-state index contributed by atoms with van der Waals surface area (Å²) in [7, 11) is 0. The standard InChI is InChI=1S/C29H21N3/c1-20(31-26-14-6-2-10-22(26)23-11-3-7-15-27(23)31)18-21(19-30)32-28-16-8-4-12-24(28)25-13-5-9-17-29(25)32/h2-19,30H,1H2/b21-18+,30-19?. The van der Waals surface area contributed by atoms with Gasteiger partial charge in [-0.2, -0.15) is 0 Å². The first-order valence-corrected chi connectivity index (χ1v) is 10.7. The van der Waals surface area contributed by atoms with Crippen LogP contribution in [-0.4, -0.2) is 15.3 Å². The fraction of sp³-hybridized carbons (Fsp3) is 0. The van der Waals surface area contributed by atoms with Crippen LogP contribution < -0.4 is 0 Å². The van der Waals surface area contributed by atoms with Crippen LogP contribution >= 0.6 is 0 Å². The van der Waals surface area contributed by atoms with E-state index in [1.807, 2.05) is 18.2 Å². The summed E-state index contributed by atoms with van der Waals surface area (Å²) in [4.78, 5) is 0. The normalized spacial score (nSPS) is 12.2. The first-order valence-electron chi connectivity index (χ1n) is 10.7. The van der Waals surface area contributed by atoms with Crippen LogP contribution in [-0.2, 0) is 0 Å². The zero-order chi connectivity index (χ0) is 21.7. The van der Waals surface area contributed by atoms with Gasteiger partial charge in [0.15, 0.2) is 0 Å². The van der Waals surface area contributed by atoms with Gasteiger partial charge in [0.05, 0.1) is 27.8 Å². The van der Waals surface area contributed by atoms with Crippen molar-refractivity contribution in [1.82, 2.24) is 9.13 Å². The Morgan fingerprint density at radius 2 is 0.906 bits per heavy atom. The molecule has 0 amide bonds. The van der Waals surface area contributed by atoms with E-state index in [9.17, 15) is 0 Å². The van der Waals surface area contributed by atoms with Crippen molar-refractivity contribution < 1.29 is 0 Å². The Labute approximate surface area is 185 Å². The number of hydrogen-bond donors (Lipinski definition) is 1. The van der Waals surface area contributed by atoms with Gasteiger partial charge in [0.25, 0.3) is 0 Å². The molecule has 0 saturated heterocycles. The molecule has 0 spiro atoms. The lowest BCUT2D eigenvalue weighted by Crippen LogP contribution is -2.01. The summed E-state index contributed by atoms with van der Waals surface area (Å²) in [6, 6.07) is 33.5. The third kappa shape index (κ3) is 2.58. The molecule has 0 unspecified atom stereocenters. The van der Waals surface area contributed by atoms with E-state index in [-0.39, 0.29) is 0 Å². The van der Waals surface area contributed by atoms with E-state index in [2.05, 4.69) is 101 Å². The number of fused-ring (bicyclic) bond motifs is 6. The summed E-state index contributed by atoms with van der Waals surface area (Å²) in [5, 5.41) is 13.0. The van der Waals surface area contributed by atoms with E-state index >= 15 is 0 Å². The van der Waals surface area contributed by atoms with Crippen LogP contribution in [0.1, 0.15) is 0 Å². The zero-order valence-corrected chi connectivity index (χ0v) is 17.5. The molecule has 0 aliphatic heterocycles. The van der Waals surface area contributed by atoms with Gasteiger partial charge in [0.2, 0.25) is 0 Å². The molecule has 3 heteroatoms. The van der Waals surface area contributed by atoms with E-state index < -0.39 is 0 Å². The number of rotatable bonds is 4. The second-order valence-electron chi connectivity index (χ2n) is 7.94. The van der Waals surface area contributed by atoms with Crippen LogP contribution in [0.3, 0.4) is 0 Å². The van der Waals surface area contributed by atoms with Gasteiger partial charge in [-0.3, -0.25) is 0 Å². The maximum atomic E-state index is 8.27. The van der Waals surface area contributed by atoms with Gasteiger partial charge in [-0.25, -0.2) is 0 Å². The van der Waals surface area contributed by atoms with Crippen molar-refractivity contribution in [2.45, 2.75) is 0 Å². The van der Waals surface area contributed by atoms with Crippen LogP contribution in [0.4, 0.5) is 0 Å². The van der Waals surface area contributed by atoms with Crippen molar-refractivity contribution in [1.29, 1.82) is 5.41 Å². The Balaban J connectivity index is 1.62. The SMILES string of the molecule is C=C(/C=C(\C=N)n1c2ccccc2c2ccccc21)n1c2ccccc2c2ccccc21. The number of nitrogens with zero attached hydrogens (tertiary/aromatic N) is 2. The van der Waals surface area contributed by atoms with Crippen LogP contribution in [0.2, 0.25) is 0 Å². The molecule has 4 aromatic carbocycles. The predicted octanol–water partition coefficient (Wildman–Crippen LogP) is 7.56. The summed E-state index contributed by atoms with van der Waals surface area (Å²) in [5.74, 6) is 0. The molecule has 2 aromatic heterocycles. The highest BCUT2D eigenvalue weighted by Crippen LogP contribution is 2.34. The van der Waals surface area contributed by atoms with Crippen molar-refractivity contribution in [2.24, 2.45) is 0 Å². The van der Waals surface area contributed by atoms with Gasteiger partial charge >= 0.3 is 0 Å². The van der Waals surface area contributed by atoms with Crippen molar-refractivity contribution in [3.8, 4) is 0 Å². The van der Waals surface area contributed by atoms with Gasteiger partial charge < -0.3 is 14.5 Å². The van der Waals surface area contributed by atoms with Crippen molar-refractivity contribution >= 4 is 61.2 Å². The molecule has 0 aliphatic rings. The van der Waals surface area contributed by atoms with Crippen molar-refractivity contribution in [2.75, 3.05) is 0 Å². The monoisotopic (exact) mass is 411 g/mol. The van der Waals surface area contributed by atoms with Gasteiger partial charge in [-0.15, -0.1) is 0 Å². The molecule has 6 rings (SSSR count). The average Bonchev–Trinajstić information content (AvgIpc) is 3.36. The topological polar surface area (TPSA) is 33.7 Å². The maximum absolute atomic E-state index is 8.27. The summed E-state index contributed by atoms with van der Waals surface area (Å²) in [6.45, 7) is 4.43. The summed E-state index contributed by atoms with van der Waals surface area (Å²) in [6.07, 6.45) is 3.42. The third-order valence-corrected chi connectivity index (χ3v) is 6.17. The smallest absolute Gasteiger partial charge is 0.0658 e. The Hall–Kier alpha value is -4.37.